The molecule has 0 saturated heterocycles. The van der Waals surface area contributed by atoms with Gasteiger partial charge in [-0.1, -0.05) is 0 Å². The Kier molecular flexibility index (Phi) is 77.4. The molecule has 13 nitrogen and oxygen atoms in total. The van der Waals surface area contributed by atoms with Crippen LogP contribution in [0.1, 0.15) is 14.3 Å². The normalized spacial score (nSPS) is 8.43. The average Bonchev–Trinajstić information content (AvgIpc) is 1.41. The van der Waals surface area contributed by atoms with E-state index in [1.807, 2.05) is 0 Å². The summed E-state index contributed by atoms with van der Waals surface area (Å²) in [5, 5.41) is 0. The van der Waals surface area contributed by atoms with Crippen LogP contribution < -0.4 is 0 Å². The molecule has 0 radical (unpaired) electrons. The van der Waals surface area contributed by atoms with Crippen LogP contribution in [-0.2, 0) is 13.7 Å². The first kappa shape index (κ1) is 56.4. The van der Waals surface area contributed by atoms with E-state index in [2.05, 4.69) is 0 Å². The van der Waals surface area contributed by atoms with Gasteiger partial charge in [0, 0.05) is 0 Å². The summed E-state index contributed by atoms with van der Waals surface area (Å²) in [6.07, 6.45) is 0. The SMILES string of the molecule is O.O=P(O)(O)O.O=P(O)(O)O.O=P(O)(O)O.[Ca+2].[Ca+2].[Ca+2].[Ca+2].[Ca+2].[H-].[H-].[H-].[H-].[H-].[H-].[H-].[H-].[H-].[H-]. The molecule has 11 N–H and O–H groups in total. The van der Waals surface area contributed by atoms with Crippen LogP contribution in [0.3, 0.4) is 0 Å². The molecule has 0 amide bonds. The van der Waals surface area contributed by atoms with E-state index < -0.39 is 23.5 Å². The maximum atomic E-state index is 8.88. The van der Waals surface area contributed by atoms with E-state index in [0.717, 1.165) is 0 Å². The quantitative estimate of drug-likeness (QED) is 0.108. The Morgan fingerprint density at radius 2 is 0.429 bits per heavy atom. The number of hydrogen-bond acceptors (Lipinski definition) is 3. The van der Waals surface area contributed by atoms with Gasteiger partial charge in [0.05, 0.1) is 0 Å². The van der Waals surface area contributed by atoms with Gasteiger partial charge in [0.25, 0.3) is 0 Å². The Morgan fingerprint density at radius 3 is 0.429 bits per heavy atom. The van der Waals surface area contributed by atoms with Crippen LogP contribution >= 0.6 is 23.5 Å². The Labute approximate surface area is 283 Å². The van der Waals surface area contributed by atoms with Gasteiger partial charge in [0.15, 0.2) is 0 Å². The molecule has 0 aliphatic rings. The predicted molar refractivity (Wildman–Crippen MR) is 86.3 cm³/mol. The van der Waals surface area contributed by atoms with Crippen molar-refractivity contribution in [2.45, 2.75) is 0 Å². The summed E-state index contributed by atoms with van der Waals surface area (Å²) < 4.78 is 26.6. The van der Waals surface area contributed by atoms with E-state index in [0.29, 0.717) is 0 Å². The van der Waals surface area contributed by atoms with Gasteiger partial charge in [-0.25, -0.2) is 13.7 Å². The molecular weight excluding hydrogens is 501 g/mol. The van der Waals surface area contributed by atoms with Crippen LogP contribution in [0.25, 0.3) is 0 Å². The summed E-state index contributed by atoms with van der Waals surface area (Å²) in [5.41, 5.74) is 0. The maximum Gasteiger partial charge on any atom is 2.00 e. The van der Waals surface area contributed by atoms with Gasteiger partial charge in [-0.05, 0) is 0 Å². The second kappa shape index (κ2) is 28.8. The second-order valence-electron chi connectivity index (χ2n) is 1.54. The first-order chi connectivity index (χ1) is 6.00. The van der Waals surface area contributed by atoms with Crippen LogP contribution in [-0.4, -0.2) is 238 Å². The van der Waals surface area contributed by atoms with Crippen molar-refractivity contribution in [1.29, 1.82) is 0 Å². The third-order valence-corrected chi connectivity index (χ3v) is 0. The van der Waals surface area contributed by atoms with Crippen molar-refractivity contribution in [3.63, 3.8) is 0 Å². The third-order valence-electron chi connectivity index (χ3n) is 0. The van der Waals surface area contributed by atoms with Crippen LogP contribution in [0, 0.1) is 0 Å². The molecule has 0 fully saturated rings. The molecule has 21 heavy (non-hydrogen) atoms. The summed E-state index contributed by atoms with van der Waals surface area (Å²) in [4.78, 5) is 64.7. The zero-order valence-corrected chi connectivity index (χ0v) is 24.4. The molecule has 21 heteroatoms. The van der Waals surface area contributed by atoms with Gasteiger partial charge >= 0.3 is 212 Å². The first-order valence-corrected chi connectivity index (χ1v) is 7.04. The van der Waals surface area contributed by atoms with Gasteiger partial charge in [0.2, 0.25) is 0 Å². The number of phosphoric acid groups is 3. The first-order valence-electron chi connectivity index (χ1n) is 2.35. The fourth-order valence-electron chi connectivity index (χ4n) is 0. The van der Waals surface area contributed by atoms with Crippen molar-refractivity contribution in [3.8, 4) is 0 Å². The minimum Gasteiger partial charge on any atom is -1.00 e. The monoisotopic (exact) mass is 522 g/mol. The van der Waals surface area contributed by atoms with Gasteiger partial charge in [-0.15, -0.1) is 0 Å². The van der Waals surface area contributed by atoms with E-state index in [1.54, 1.807) is 0 Å². The Morgan fingerprint density at radius 1 is 0.429 bits per heavy atom. The second-order valence-corrected chi connectivity index (χ2v) is 4.62. The molecule has 0 rings (SSSR count). The molecule has 0 atom stereocenters. The summed E-state index contributed by atoms with van der Waals surface area (Å²) in [6.45, 7) is 0. The number of hydrogen-bond donors (Lipinski definition) is 9. The van der Waals surface area contributed by atoms with Crippen molar-refractivity contribution >= 4 is 212 Å². The van der Waals surface area contributed by atoms with Crippen molar-refractivity contribution in [2.24, 2.45) is 0 Å². The van der Waals surface area contributed by atoms with Crippen molar-refractivity contribution in [1.82, 2.24) is 0 Å². The molecule has 0 aromatic rings. The molecule has 0 saturated carbocycles. The third kappa shape index (κ3) is 370. The van der Waals surface area contributed by atoms with E-state index in [1.165, 1.54) is 0 Å². The molecule has 0 unspecified atom stereocenters. The molecular formula is H21Ca5O13P3. The van der Waals surface area contributed by atoms with E-state index >= 15 is 0 Å². The minimum atomic E-state index is -4.64. The zero-order chi connectivity index (χ0) is 13.5. The molecule has 0 aromatic heterocycles. The van der Waals surface area contributed by atoms with Gasteiger partial charge in [0.1, 0.15) is 0 Å². The van der Waals surface area contributed by atoms with Crippen molar-refractivity contribution in [2.75, 3.05) is 0 Å². The topological polar surface area (TPSA) is 265 Å². The predicted octanol–water partition coefficient (Wildman–Crippen LogP) is -4.39. The molecule has 0 spiro atoms. The fraction of sp³-hybridized carbons (Fsp3) is 0. The fourth-order valence-corrected chi connectivity index (χ4v) is 0. The summed E-state index contributed by atoms with van der Waals surface area (Å²) >= 11 is 0. The van der Waals surface area contributed by atoms with Crippen LogP contribution in [0.2, 0.25) is 0 Å². The summed E-state index contributed by atoms with van der Waals surface area (Å²) in [6, 6.07) is 0. The zero-order valence-electron chi connectivity index (χ0n) is 20.6. The molecule has 0 aliphatic heterocycles. The Bertz CT molecular complexity index is 242. The largest absolute Gasteiger partial charge is 2.00 e. The van der Waals surface area contributed by atoms with Gasteiger partial charge in [-0.3, -0.25) is 0 Å². The smallest absolute Gasteiger partial charge is 1.00 e. The maximum absolute atomic E-state index is 8.88. The molecule has 0 heterocycles. The summed E-state index contributed by atoms with van der Waals surface area (Å²) in [7, 11) is -13.9. The standard InChI is InChI=1S/5Ca.3H3O4P.H2O.10H/c;;;;;3*1-5(2,3)4;;;;;;;;;;;/h;;;;;3*(H3,1,2,3,4);1H2;;;;;;;;;;/q5*+2;;;;;10*-1. The van der Waals surface area contributed by atoms with Crippen molar-refractivity contribution in [3.05, 3.63) is 0 Å². The Hall–Kier alpha value is 6.59. The Balaban J connectivity index is -0.00000000326. The van der Waals surface area contributed by atoms with Crippen molar-refractivity contribution < 1.29 is 77.5 Å². The number of rotatable bonds is 0. The van der Waals surface area contributed by atoms with Gasteiger partial charge in [-0.2, -0.15) is 0 Å². The van der Waals surface area contributed by atoms with E-state index in [-0.39, 0.29) is 208 Å². The van der Waals surface area contributed by atoms with E-state index in [9.17, 15) is 0 Å². The molecule has 124 valence electrons. The molecule has 0 aromatic carbocycles. The van der Waals surface area contributed by atoms with Crippen LogP contribution in [0.4, 0.5) is 0 Å². The molecule has 0 bridgehead atoms. The average molecular weight is 522 g/mol. The molecule has 0 aliphatic carbocycles. The van der Waals surface area contributed by atoms with Crippen LogP contribution in [0.15, 0.2) is 0 Å². The van der Waals surface area contributed by atoms with Crippen LogP contribution in [0.5, 0.6) is 0 Å². The van der Waals surface area contributed by atoms with Gasteiger partial charge < -0.3 is 63.8 Å². The summed E-state index contributed by atoms with van der Waals surface area (Å²) in [5.74, 6) is 0. The minimum absolute atomic E-state index is 0. The van der Waals surface area contributed by atoms with E-state index in [4.69, 9.17) is 57.7 Å².